The number of methoxy groups -OCH3 is 1. The van der Waals surface area contributed by atoms with Crippen molar-refractivity contribution in [1.29, 1.82) is 0 Å². The zero-order valence-electron chi connectivity index (χ0n) is 13.8. The molecule has 0 spiro atoms. The third-order valence-electron chi connectivity index (χ3n) is 4.04. The van der Waals surface area contributed by atoms with Crippen LogP contribution in [-0.2, 0) is 12.8 Å². The average Bonchev–Trinajstić information content (AvgIpc) is 3.05. The highest BCUT2D eigenvalue weighted by atomic mass is 16.5. The van der Waals surface area contributed by atoms with Gasteiger partial charge in [0.1, 0.15) is 5.75 Å². The van der Waals surface area contributed by atoms with E-state index in [0.29, 0.717) is 11.4 Å². The molecule has 3 rings (SSSR count). The van der Waals surface area contributed by atoms with E-state index in [1.165, 1.54) is 11.1 Å². The topological polar surface area (TPSA) is 72.5 Å². The Hall–Kier alpha value is -2.49. The summed E-state index contributed by atoms with van der Waals surface area (Å²) < 4.78 is 5.49. The Bertz CT molecular complexity index is 706. The van der Waals surface area contributed by atoms with E-state index in [0.717, 1.165) is 30.4 Å². The maximum Gasteiger partial charge on any atom is 0.335 e. The molecule has 0 fully saturated rings. The van der Waals surface area contributed by atoms with Crippen LogP contribution in [0.1, 0.15) is 41.8 Å². The molecule has 2 aromatic carbocycles. The first-order valence-electron chi connectivity index (χ1n) is 7.93. The van der Waals surface area contributed by atoms with Crippen LogP contribution >= 0.6 is 0 Å². The Labute approximate surface area is 136 Å². The van der Waals surface area contributed by atoms with Gasteiger partial charge in [-0.1, -0.05) is 26.0 Å². The minimum Gasteiger partial charge on any atom is -0.494 e. The largest absolute Gasteiger partial charge is 0.494 e. The van der Waals surface area contributed by atoms with E-state index in [-0.39, 0.29) is 5.56 Å². The molecule has 0 aromatic heterocycles. The summed E-state index contributed by atoms with van der Waals surface area (Å²) in [6.45, 7) is 4.00. The van der Waals surface area contributed by atoms with Crippen LogP contribution in [0.15, 0.2) is 30.3 Å². The molecule has 0 heterocycles. The average molecular weight is 313 g/mol. The summed E-state index contributed by atoms with van der Waals surface area (Å²) in [5.74, 6) is -0.249. The number of nitrogens with two attached hydrogens (primary N) is 1. The monoisotopic (exact) mass is 313 g/mol. The summed E-state index contributed by atoms with van der Waals surface area (Å²) in [4.78, 5) is 10.9. The molecule has 0 bridgehead atoms. The highest BCUT2D eigenvalue weighted by molar-refractivity contribution is 5.89. The quantitative estimate of drug-likeness (QED) is 0.835. The fourth-order valence-electron chi connectivity index (χ4n) is 2.98. The maximum absolute atomic E-state index is 10.9. The van der Waals surface area contributed by atoms with E-state index in [1.807, 2.05) is 13.8 Å². The lowest BCUT2D eigenvalue weighted by Crippen LogP contribution is -2.01. The van der Waals surface area contributed by atoms with Gasteiger partial charge in [0, 0.05) is 5.56 Å². The van der Waals surface area contributed by atoms with Crippen molar-refractivity contribution in [2.75, 3.05) is 12.8 Å². The number of rotatable bonds is 3. The van der Waals surface area contributed by atoms with Crippen LogP contribution < -0.4 is 10.5 Å². The van der Waals surface area contributed by atoms with Crippen LogP contribution in [0, 0.1) is 0 Å². The molecule has 122 valence electrons. The van der Waals surface area contributed by atoms with Gasteiger partial charge >= 0.3 is 5.97 Å². The number of ether oxygens (including phenoxy) is 1. The van der Waals surface area contributed by atoms with Crippen molar-refractivity contribution >= 4 is 11.7 Å². The molecule has 3 N–H and O–H groups in total. The lowest BCUT2D eigenvalue weighted by Gasteiger charge is -2.15. The first-order valence-corrected chi connectivity index (χ1v) is 7.93. The molecule has 0 aliphatic heterocycles. The van der Waals surface area contributed by atoms with Crippen LogP contribution in [0.4, 0.5) is 5.69 Å². The van der Waals surface area contributed by atoms with Gasteiger partial charge in [-0.15, -0.1) is 0 Å². The Balaban J connectivity index is 0.000000924. The maximum atomic E-state index is 10.9. The van der Waals surface area contributed by atoms with Gasteiger partial charge in [0.2, 0.25) is 0 Å². The van der Waals surface area contributed by atoms with Crippen molar-refractivity contribution in [3.8, 4) is 16.9 Å². The fourth-order valence-corrected chi connectivity index (χ4v) is 2.98. The molecule has 0 atom stereocenters. The number of hydrogen-bond donors (Lipinski definition) is 2. The zero-order chi connectivity index (χ0) is 17.0. The summed E-state index contributed by atoms with van der Waals surface area (Å²) in [5.41, 5.74) is 11.5. The lowest BCUT2D eigenvalue weighted by atomic mass is 9.96. The Morgan fingerprint density at radius 3 is 2.39 bits per heavy atom. The van der Waals surface area contributed by atoms with Gasteiger partial charge in [-0.05, 0) is 54.2 Å². The lowest BCUT2D eigenvalue weighted by molar-refractivity contribution is 0.0697. The number of carboxylic acid groups (broad SMARTS) is 1. The number of aromatic carboxylic acids is 1. The first kappa shape index (κ1) is 16.9. The van der Waals surface area contributed by atoms with Crippen molar-refractivity contribution in [2.24, 2.45) is 0 Å². The minimum atomic E-state index is -0.929. The van der Waals surface area contributed by atoms with E-state index in [2.05, 4.69) is 6.07 Å². The number of benzene rings is 2. The number of carbonyl (C=O) groups is 1. The third kappa shape index (κ3) is 3.16. The Morgan fingerprint density at radius 2 is 1.83 bits per heavy atom. The fraction of sp³-hybridized carbons (Fsp3) is 0.316. The number of hydrogen-bond acceptors (Lipinski definition) is 3. The van der Waals surface area contributed by atoms with E-state index in [9.17, 15) is 4.79 Å². The predicted molar refractivity (Wildman–Crippen MR) is 93.2 cm³/mol. The highest BCUT2D eigenvalue weighted by Crippen LogP contribution is 2.42. The number of nitrogen functional groups attached to an aromatic ring is 1. The second-order valence-electron chi connectivity index (χ2n) is 5.24. The zero-order valence-corrected chi connectivity index (χ0v) is 13.8. The normalized spacial score (nSPS) is 12.1. The Kier molecular flexibility index (Phi) is 5.27. The second kappa shape index (κ2) is 7.18. The SMILES string of the molecule is CC.COc1c(-c2ccc(C(=O)O)cc2)cc2c(c1N)CCC2. The van der Waals surface area contributed by atoms with Crippen LogP contribution in [0.25, 0.3) is 11.1 Å². The van der Waals surface area contributed by atoms with Gasteiger partial charge < -0.3 is 15.6 Å². The summed E-state index contributed by atoms with van der Waals surface area (Å²) in [6, 6.07) is 8.90. The molecule has 0 amide bonds. The van der Waals surface area contributed by atoms with E-state index < -0.39 is 5.97 Å². The highest BCUT2D eigenvalue weighted by Gasteiger charge is 2.21. The van der Waals surface area contributed by atoms with Gasteiger partial charge in [0.25, 0.3) is 0 Å². The summed E-state index contributed by atoms with van der Waals surface area (Å²) in [5, 5.41) is 8.97. The predicted octanol–water partition coefficient (Wildman–Crippen LogP) is 4.16. The van der Waals surface area contributed by atoms with Crippen molar-refractivity contribution in [1.82, 2.24) is 0 Å². The van der Waals surface area contributed by atoms with Crippen molar-refractivity contribution in [2.45, 2.75) is 33.1 Å². The van der Waals surface area contributed by atoms with Crippen LogP contribution in [0.3, 0.4) is 0 Å². The molecule has 2 aromatic rings. The number of anilines is 1. The summed E-state index contributed by atoms with van der Waals surface area (Å²) in [6.07, 6.45) is 3.14. The molecule has 4 heteroatoms. The van der Waals surface area contributed by atoms with E-state index >= 15 is 0 Å². The molecule has 0 radical (unpaired) electrons. The summed E-state index contributed by atoms with van der Waals surface area (Å²) >= 11 is 0. The second-order valence-corrected chi connectivity index (χ2v) is 5.24. The summed E-state index contributed by atoms with van der Waals surface area (Å²) in [7, 11) is 1.61. The standard InChI is InChI=1S/C17H17NO3.C2H6/c1-21-16-14(9-12-3-2-4-13(12)15(16)18)10-5-7-11(8-6-10)17(19)20;1-2/h5-9H,2-4,18H2,1H3,(H,19,20);1-2H3. The van der Waals surface area contributed by atoms with Crippen LogP contribution in [0.5, 0.6) is 5.75 Å². The van der Waals surface area contributed by atoms with Crippen LogP contribution in [-0.4, -0.2) is 18.2 Å². The molecular formula is C19H23NO3. The number of carboxylic acids is 1. The first-order chi connectivity index (χ1) is 11.1. The van der Waals surface area contributed by atoms with Crippen molar-refractivity contribution in [3.63, 3.8) is 0 Å². The van der Waals surface area contributed by atoms with Crippen molar-refractivity contribution < 1.29 is 14.6 Å². The molecule has 0 saturated carbocycles. The van der Waals surface area contributed by atoms with Gasteiger partial charge in [-0.3, -0.25) is 0 Å². The van der Waals surface area contributed by atoms with Gasteiger partial charge in [-0.25, -0.2) is 4.79 Å². The molecule has 0 unspecified atom stereocenters. The molecular weight excluding hydrogens is 290 g/mol. The van der Waals surface area contributed by atoms with Gasteiger partial charge in [-0.2, -0.15) is 0 Å². The number of fused-ring (bicyclic) bond motifs is 1. The molecule has 23 heavy (non-hydrogen) atoms. The third-order valence-corrected chi connectivity index (χ3v) is 4.04. The molecule has 0 saturated heterocycles. The van der Waals surface area contributed by atoms with E-state index in [4.69, 9.17) is 15.6 Å². The van der Waals surface area contributed by atoms with E-state index in [1.54, 1.807) is 31.4 Å². The Morgan fingerprint density at radius 1 is 1.17 bits per heavy atom. The number of aryl methyl sites for hydroxylation is 1. The molecule has 4 nitrogen and oxygen atoms in total. The molecule has 1 aliphatic rings. The van der Waals surface area contributed by atoms with Gasteiger partial charge in [0.15, 0.2) is 0 Å². The minimum absolute atomic E-state index is 0.270. The van der Waals surface area contributed by atoms with Gasteiger partial charge in [0.05, 0.1) is 18.4 Å². The van der Waals surface area contributed by atoms with Crippen molar-refractivity contribution in [3.05, 3.63) is 47.0 Å². The smallest absolute Gasteiger partial charge is 0.335 e. The molecule has 1 aliphatic carbocycles. The van der Waals surface area contributed by atoms with Crippen LogP contribution in [0.2, 0.25) is 0 Å².